The molecular weight excluding hydrogens is 224 g/mol. The number of rotatable bonds is 5. The predicted molar refractivity (Wildman–Crippen MR) is 72.2 cm³/mol. The first kappa shape index (κ1) is 13.2. The van der Waals surface area contributed by atoms with Crippen molar-refractivity contribution in [1.29, 1.82) is 0 Å². The van der Waals surface area contributed by atoms with Crippen molar-refractivity contribution in [2.45, 2.75) is 39.2 Å². The van der Waals surface area contributed by atoms with Gasteiger partial charge in [0.25, 0.3) is 0 Å². The zero-order valence-corrected chi connectivity index (χ0v) is 11.1. The summed E-state index contributed by atoms with van der Waals surface area (Å²) in [5, 5.41) is 0. The minimum Gasteiger partial charge on any atom is -0.299 e. The lowest BCUT2D eigenvalue weighted by Gasteiger charge is -2.27. The number of pyridine rings is 1. The predicted octanol–water partition coefficient (Wildman–Crippen LogP) is 2.66. The molecule has 1 fully saturated rings. The Hall–Kier alpha value is -1.22. The van der Waals surface area contributed by atoms with Crippen molar-refractivity contribution in [3.63, 3.8) is 0 Å². The van der Waals surface area contributed by atoms with Crippen LogP contribution in [0.15, 0.2) is 24.4 Å². The lowest BCUT2D eigenvalue weighted by atomic mass is 9.87. The van der Waals surface area contributed by atoms with Gasteiger partial charge >= 0.3 is 0 Å². The quantitative estimate of drug-likeness (QED) is 0.801. The molecule has 1 unspecified atom stereocenters. The van der Waals surface area contributed by atoms with E-state index >= 15 is 0 Å². The van der Waals surface area contributed by atoms with Gasteiger partial charge in [-0.2, -0.15) is 0 Å². The average Bonchev–Trinajstić information content (AvgIpc) is 2.41. The molecule has 0 radical (unpaired) electrons. The maximum atomic E-state index is 11.9. The third kappa shape index (κ3) is 3.64. The van der Waals surface area contributed by atoms with Crippen molar-refractivity contribution < 1.29 is 4.79 Å². The molecule has 3 nitrogen and oxygen atoms in total. The van der Waals surface area contributed by atoms with Crippen molar-refractivity contribution in [2.24, 2.45) is 5.92 Å². The van der Waals surface area contributed by atoms with E-state index in [4.69, 9.17) is 0 Å². The highest BCUT2D eigenvalue weighted by atomic mass is 16.1. The summed E-state index contributed by atoms with van der Waals surface area (Å²) >= 11 is 0. The molecule has 1 atom stereocenters. The molecule has 0 aliphatic heterocycles. The summed E-state index contributed by atoms with van der Waals surface area (Å²) in [4.78, 5) is 18.5. The molecule has 2 rings (SSSR count). The standard InChI is InChI=1S/C15H22N2O/c1-2-17(12-14-8-5-6-10-16-14)11-13-7-3-4-9-15(13)18/h5-6,8,10,13H,2-4,7,9,11-12H2,1H3. The number of Topliss-reactive ketones (excluding diaryl/α,β-unsaturated/α-hetero) is 1. The van der Waals surface area contributed by atoms with Crippen molar-refractivity contribution in [1.82, 2.24) is 9.88 Å². The highest BCUT2D eigenvalue weighted by molar-refractivity contribution is 5.81. The van der Waals surface area contributed by atoms with Crippen molar-refractivity contribution in [3.05, 3.63) is 30.1 Å². The van der Waals surface area contributed by atoms with Gasteiger partial charge in [0.1, 0.15) is 5.78 Å². The fourth-order valence-electron chi connectivity index (χ4n) is 2.59. The van der Waals surface area contributed by atoms with Gasteiger partial charge in [0, 0.05) is 31.6 Å². The number of hydrogen-bond donors (Lipinski definition) is 0. The topological polar surface area (TPSA) is 33.2 Å². The Kier molecular flexibility index (Phi) is 4.88. The van der Waals surface area contributed by atoms with Crippen LogP contribution in [0.25, 0.3) is 0 Å². The van der Waals surface area contributed by atoms with E-state index in [0.29, 0.717) is 5.78 Å². The Morgan fingerprint density at radius 2 is 2.28 bits per heavy atom. The Labute approximate surface area is 109 Å². The summed E-state index contributed by atoms with van der Waals surface area (Å²) in [6.07, 6.45) is 5.97. The average molecular weight is 246 g/mol. The highest BCUT2D eigenvalue weighted by Gasteiger charge is 2.24. The second-order valence-corrected chi connectivity index (χ2v) is 5.06. The summed E-state index contributed by atoms with van der Waals surface area (Å²) in [5.41, 5.74) is 1.09. The van der Waals surface area contributed by atoms with Crippen LogP contribution in [0, 0.1) is 5.92 Å². The second kappa shape index (κ2) is 6.64. The van der Waals surface area contributed by atoms with E-state index in [1.54, 1.807) is 0 Å². The first-order chi connectivity index (χ1) is 8.79. The van der Waals surface area contributed by atoms with E-state index < -0.39 is 0 Å². The number of hydrogen-bond acceptors (Lipinski definition) is 3. The van der Waals surface area contributed by atoms with Gasteiger partial charge in [0.15, 0.2) is 0 Å². The molecule has 1 aromatic rings. The number of aromatic nitrogens is 1. The molecular formula is C15H22N2O. The van der Waals surface area contributed by atoms with Gasteiger partial charge in [-0.05, 0) is 31.5 Å². The van der Waals surface area contributed by atoms with Crippen LogP contribution in [0.5, 0.6) is 0 Å². The van der Waals surface area contributed by atoms with Crippen LogP contribution < -0.4 is 0 Å². The van der Waals surface area contributed by atoms with Crippen LogP contribution in [-0.4, -0.2) is 28.8 Å². The van der Waals surface area contributed by atoms with E-state index in [1.165, 1.54) is 6.42 Å². The summed E-state index contributed by atoms with van der Waals surface area (Å²) in [7, 11) is 0. The van der Waals surface area contributed by atoms with Gasteiger partial charge in [-0.15, -0.1) is 0 Å². The zero-order valence-electron chi connectivity index (χ0n) is 11.1. The largest absolute Gasteiger partial charge is 0.299 e. The maximum absolute atomic E-state index is 11.9. The first-order valence-corrected chi connectivity index (χ1v) is 6.94. The highest BCUT2D eigenvalue weighted by Crippen LogP contribution is 2.21. The zero-order chi connectivity index (χ0) is 12.8. The molecule has 98 valence electrons. The van der Waals surface area contributed by atoms with Crippen LogP contribution in [0.1, 0.15) is 38.3 Å². The van der Waals surface area contributed by atoms with Crippen molar-refractivity contribution in [2.75, 3.05) is 13.1 Å². The molecule has 1 aliphatic rings. The second-order valence-electron chi connectivity index (χ2n) is 5.06. The fraction of sp³-hybridized carbons (Fsp3) is 0.600. The number of nitrogens with zero attached hydrogens (tertiary/aromatic N) is 2. The first-order valence-electron chi connectivity index (χ1n) is 6.94. The van der Waals surface area contributed by atoms with E-state index in [2.05, 4.69) is 16.8 Å². The van der Waals surface area contributed by atoms with E-state index in [0.717, 1.165) is 44.6 Å². The molecule has 3 heteroatoms. The van der Waals surface area contributed by atoms with E-state index in [-0.39, 0.29) is 5.92 Å². The molecule has 0 amide bonds. The third-order valence-electron chi connectivity index (χ3n) is 3.72. The molecule has 0 aromatic carbocycles. The molecule has 1 saturated carbocycles. The molecule has 1 heterocycles. The van der Waals surface area contributed by atoms with Gasteiger partial charge < -0.3 is 0 Å². The number of carbonyl (C=O) groups excluding carboxylic acids is 1. The van der Waals surface area contributed by atoms with Gasteiger partial charge in [-0.25, -0.2) is 0 Å². The molecule has 0 spiro atoms. The van der Waals surface area contributed by atoms with E-state index in [1.807, 2.05) is 24.4 Å². The van der Waals surface area contributed by atoms with Crippen LogP contribution in [0.4, 0.5) is 0 Å². The smallest absolute Gasteiger partial charge is 0.137 e. The van der Waals surface area contributed by atoms with Gasteiger partial charge in [-0.3, -0.25) is 14.7 Å². The monoisotopic (exact) mass is 246 g/mol. The number of carbonyl (C=O) groups is 1. The minimum atomic E-state index is 0.252. The molecule has 0 bridgehead atoms. The molecule has 0 N–H and O–H groups in total. The van der Waals surface area contributed by atoms with Crippen molar-refractivity contribution in [3.8, 4) is 0 Å². The van der Waals surface area contributed by atoms with Crippen LogP contribution in [-0.2, 0) is 11.3 Å². The van der Waals surface area contributed by atoms with Gasteiger partial charge in [0.2, 0.25) is 0 Å². The Bertz CT molecular complexity index is 377. The summed E-state index contributed by atoms with van der Waals surface area (Å²) in [5.74, 6) is 0.711. The Morgan fingerprint density at radius 1 is 1.39 bits per heavy atom. The third-order valence-corrected chi connectivity index (χ3v) is 3.72. The normalized spacial score (nSPS) is 20.3. The fourth-order valence-corrected chi connectivity index (χ4v) is 2.59. The van der Waals surface area contributed by atoms with Crippen molar-refractivity contribution >= 4 is 5.78 Å². The molecule has 1 aliphatic carbocycles. The molecule has 1 aromatic heterocycles. The summed E-state index contributed by atoms with van der Waals surface area (Å²) in [6.45, 7) is 4.86. The lowest BCUT2D eigenvalue weighted by Crippen LogP contribution is -2.34. The van der Waals surface area contributed by atoms with Crippen LogP contribution >= 0.6 is 0 Å². The van der Waals surface area contributed by atoms with Crippen LogP contribution in [0.3, 0.4) is 0 Å². The Balaban J connectivity index is 1.90. The number of ketones is 1. The van der Waals surface area contributed by atoms with Gasteiger partial charge in [-0.1, -0.05) is 19.4 Å². The summed E-state index contributed by atoms with van der Waals surface area (Å²) < 4.78 is 0. The lowest BCUT2D eigenvalue weighted by molar-refractivity contribution is -0.125. The van der Waals surface area contributed by atoms with Gasteiger partial charge in [0.05, 0.1) is 5.69 Å². The van der Waals surface area contributed by atoms with Crippen LogP contribution in [0.2, 0.25) is 0 Å². The molecule has 0 saturated heterocycles. The van der Waals surface area contributed by atoms with E-state index in [9.17, 15) is 4.79 Å². The minimum absolute atomic E-state index is 0.252. The SMILES string of the molecule is CCN(Cc1ccccn1)CC1CCCCC1=O. The Morgan fingerprint density at radius 3 is 2.94 bits per heavy atom. The molecule has 18 heavy (non-hydrogen) atoms. The summed E-state index contributed by atoms with van der Waals surface area (Å²) in [6, 6.07) is 6.00. The maximum Gasteiger partial charge on any atom is 0.137 e.